The summed E-state index contributed by atoms with van der Waals surface area (Å²) in [5, 5.41) is 12.3. The zero-order chi connectivity index (χ0) is 38.5. The lowest BCUT2D eigenvalue weighted by Crippen LogP contribution is -2.15. The van der Waals surface area contributed by atoms with Gasteiger partial charge in [-0.1, -0.05) is 141 Å². The molecule has 268 valence electrons. The summed E-state index contributed by atoms with van der Waals surface area (Å²) in [6, 6.07) is 61.8. The zero-order valence-electron chi connectivity index (χ0n) is 31.6. The van der Waals surface area contributed by atoms with Crippen LogP contribution in [0.3, 0.4) is 0 Å². The maximum absolute atomic E-state index is 10.1. The third kappa shape index (κ3) is 5.98. The van der Waals surface area contributed by atoms with Crippen molar-refractivity contribution in [2.24, 2.45) is 0 Å². The minimum absolute atomic E-state index is 0.303. The topological polar surface area (TPSA) is 62.5 Å². The van der Waals surface area contributed by atoms with E-state index in [1.807, 2.05) is 48.8 Å². The van der Waals surface area contributed by atoms with Crippen molar-refractivity contribution in [2.45, 2.75) is 19.3 Å². The number of pyridine rings is 1. The second kappa shape index (κ2) is 13.7. The van der Waals surface area contributed by atoms with Gasteiger partial charge in [0.1, 0.15) is 0 Å². The summed E-state index contributed by atoms with van der Waals surface area (Å²) in [5.74, 6) is 0.671. The van der Waals surface area contributed by atoms with Crippen molar-refractivity contribution in [3.8, 4) is 84.5 Å². The first-order chi connectivity index (χ1) is 27.9. The van der Waals surface area contributed by atoms with E-state index >= 15 is 0 Å². The van der Waals surface area contributed by atoms with Crippen LogP contribution < -0.4 is 0 Å². The molecule has 0 bridgehead atoms. The highest BCUT2D eigenvalue weighted by Gasteiger charge is 2.37. The molecule has 0 atom stereocenters. The van der Waals surface area contributed by atoms with Gasteiger partial charge in [0.25, 0.3) is 0 Å². The van der Waals surface area contributed by atoms with Gasteiger partial charge in [-0.25, -0.2) is 9.97 Å². The van der Waals surface area contributed by atoms with E-state index in [0.29, 0.717) is 11.4 Å². The van der Waals surface area contributed by atoms with Crippen LogP contribution in [0.5, 0.6) is 0 Å². The van der Waals surface area contributed by atoms with Crippen molar-refractivity contribution in [1.82, 2.24) is 15.0 Å². The Bertz CT molecular complexity index is 3020. The molecule has 0 amide bonds. The zero-order valence-corrected chi connectivity index (χ0v) is 31.6. The van der Waals surface area contributed by atoms with E-state index in [1.54, 1.807) is 0 Å². The van der Waals surface area contributed by atoms with Gasteiger partial charge in [0, 0.05) is 45.4 Å². The molecule has 10 rings (SSSR count). The molecule has 0 unspecified atom stereocenters. The van der Waals surface area contributed by atoms with Crippen molar-refractivity contribution < 1.29 is 0 Å². The summed E-state index contributed by atoms with van der Waals surface area (Å²) in [5.41, 5.74) is 16.5. The molecule has 0 fully saturated rings. The Kier molecular flexibility index (Phi) is 8.17. The van der Waals surface area contributed by atoms with E-state index in [9.17, 15) is 5.26 Å². The monoisotopic (exact) mass is 728 g/mol. The van der Waals surface area contributed by atoms with Gasteiger partial charge in [-0.2, -0.15) is 5.26 Å². The number of hydrogen-bond donors (Lipinski definition) is 0. The molecule has 0 saturated carbocycles. The summed E-state index contributed by atoms with van der Waals surface area (Å²) < 4.78 is 0. The number of nitrogens with zero attached hydrogens (tertiary/aromatic N) is 4. The third-order valence-corrected chi connectivity index (χ3v) is 11.4. The first-order valence-corrected chi connectivity index (χ1v) is 19.2. The summed E-state index contributed by atoms with van der Waals surface area (Å²) >= 11 is 0. The van der Waals surface area contributed by atoms with E-state index in [1.165, 1.54) is 27.8 Å². The molecular formula is C53H36N4. The Hall–Kier alpha value is -7.48. The summed E-state index contributed by atoms with van der Waals surface area (Å²) in [6.45, 7) is 4.55. The van der Waals surface area contributed by atoms with Crippen molar-refractivity contribution in [2.75, 3.05) is 0 Å². The van der Waals surface area contributed by atoms with E-state index in [2.05, 4.69) is 158 Å². The van der Waals surface area contributed by atoms with E-state index < -0.39 is 0 Å². The normalized spacial score (nSPS) is 12.5. The van der Waals surface area contributed by atoms with Crippen LogP contribution in [0.4, 0.5) is 0 Å². The Balaban J connectivity index is 1.14. The van der Waals surface area contributed by atoms with E-state index in [-0.39, 0.29) is 5.41 Å². The number of benzene rings is 7. The maximum atomic E-state index is 10.1. The van der Waals surface area contributed by atoms with Crippen LogP contribution in [0.25, 0.3) is 89.2 Å². The Morgan fingerprint density at radius 3 is 1.74 bits per heavy atom. The fraction of sp³-hybridized carbons (Fsp3) is 0.0566. The minimum atomic E-state index is -0.303. The fourth-order valence-corrected chi connectivity index (χ4v) is 8.42. The quantitative estimate of drug-likeness (QED) is 0.171. The van der Waals surface area contributed by atoms with Gasteiger partial charge in [0.2, 0.25) is 0 Å². The van der Waals surface area contributed by atoms with Crippen LogP contribution in [0.1, 0.15) is 30.5 Å². The van der Waals surface area contributed by atoms with Crippen LogP contribution in [0.2, 0.25) is 0 Å². The minimum Gasteiger partial charge on any atom is -0.264 e. The number of fused-ring (bicyclic) bond motifs is 5. The molecule has 2 heterocycles. The smallest absolute Gasteiger partial charge is 0.160 e. The molecule has 0 saturated heterocycles. The lowest BCUT2D eigenvalue weighted by molar-refractivity contribution is 0.661. The Labute approximate surface area is 332 Å². The third-order valence-electron chi connectivity index (χ3n) is 11.4. The Morgan fingerprint density at radius 2 is 1.04 bits per heavy atom. The maximum Gasteiger partial charge on any atom is 0.160 e. The second-order valence-electron chi connectivity index (χ2n) is 15.2. The SMILES string of the molecule is CC1(C)c2cc(-c3cc(-c4cccnc4)cc(-c4cc(-c5ccc(-c6ccccc6)cc5)nc(-c5ccccc5)n4)c3)ccc2-c2c1cc(C#N)c1ccccc21. The molecule has 0 N–H and O–H groups in total. The highest BCUT2D eigenvalue weighted by atomic mass is 14.9. The number of rotatable bonds is 6. The number of hydrogen-bond acceptors (Lipinski definition) is 4. The van der Waals surface area contributed by atoms with Gasteiger partial charge in [-0.3, -0.25) is 4.98 Å². The van der Waals surface area contributed by atoms with Crippen LogP contribution in [0, 0.1) is 11.3 Å². The highest BCUT2D eigenvalue weighted by Crippen LogP contribution is 2.53. The van der Waals surface area contributed by atoms with Crippen LogP contribution in [-0.2, 0) is 5.41 Å². The first-order valence-electron chi connectivity index (χ1n) is 19.2. The summed E-state index contributed by atoms with van der Waals surface area (Å²) in [4.78, 5) is 14.8. The first kappa shape index (κ1) is 34.0. The van der Waals surface area contributed by atoms with Crippen molar-refractivity contribution in [3.63, 3.8) is 0 Å². The van der Waals surface area contributed by atoms with Gasteiger partial charge in [0.15, 0.2) is 5.82 Å². The molecule has 1 aliphatic rings. The van der Waals surface area contributed by atoms with Gasteiger partial charge in [-0.05, 0) is 97.9 Å². The molecule has 0 radical (unpaired) electrons. The van der Waals surface area contributed by atoms with Crippen molar-refractivity contribution in [3.05, 3.63) is 199 Å². The largest absolute Gasteiger partial charge is 0.264 e. The average molecular weight is 729 g/mol. The van der Waals surface area contributed by atoms with Crippen molar-refractivity contribution in [1.29, 1.82) is 5.26 Å². The number of nitriles is 1. The van der Waals surface area contributed by atoms with Crippen LogP contribution in [0.15, 0.2) is 182 Å². The van der Waals surface area contributed by atoms with Gasteiger partial charge in [0.05, 0.1) is 23.0 Å². The lowest BCUT2D eigenvalue weighted by atomic mass is 9.80. The fourth-order valence-electron chi connectivity index (χ4n) is 8.42. The predicted octanol–water partition coefficient (Wildman–Crippen LogP) is 13.2. The molecule has 9 aromatic rings. The highest BCUT2D eigenvalue weighted by molar-refractivity contribution is 6.05. The molecule has 4 nitrogen and oxygen atoms in total. The van der Waals surface area contributed by atoms with Gasteiger partial charge < -0.3 is 0 Å². The molecule has 57 heavy (non-hydrogen) atoms. The molecular weight excluding hydrogens is 693 g/mol. The number of aromatic nitrogens is 3. The molecule has 0 aliphatic heterocycles. The molecule has 2 aromatic heterocycles. The lowest BCUT2D eigenvalue weighted by Gasteiger charge is -2.22. The van der Waals surface area contributed by atoms with E-state index in [4.69, 9.17) is 9.97 Å². The second-order valence-corrected chi connectivity index (χ2v) is 15.2. The average Bonchev–Trinajstić information content (AvgIpc) is 3.51. The molecule has 7 aromatic carbocycles. The standard InChI is InChI=1S/C53H36N4/c1-53(2)47-29-38(23-24-46(47)51-45-18-10-9-17-44(45)43(32-54)30-48(51)53)40-26-41(39-16-11-25-55-33-39)28-42(27-40)50-31-49(56-52(57-50)37-14-7-4-8-15-37)36-21-19-35(20-22-36)34-12-5-3-6-13-34/h3-31,33H,1-2H3. The van der Waals surface area contributed by atoms with Gasteiger partial charge in [-0.15, -0.1) is 0 Å². The predicted molar refractivity (Wildman–Crippen MR) is 232 cm³/mol. The summed E-state index contributed by atoms with van der Waals surface area (Å²) in [6.07, 6.45) is 3.72. The molecule has 4 heteroatoms. The molecule has 0 spiro atoms. The van der Waals surface area contributed by atoms with Crippen molar-refractivity contribution >= 4 is 10.8 Å². The molecule has 1 aliphatic carbocycles. The van der Waals surface area contributed by atoms with Crippen LogP contribution >= 0.6 is 0 Å². The van der Waals surface area contributed by atoms with E-state index in [0.717, 1.165) is 66.7 Å². The van der Waals surface area contributed by atoms with Gasteiger partial charge >= 0.3 is 0 Å². The van der Waals surface area contributed by atoms with Crippen LogP contribution in [-0.4, -0.2) is 15.0 Å². The summed E-state index contributed by atoms with van der Waals surface area (Å²) in [7, 11) is 0. The Morgan fingerprint density at radius 1 is 0.456 bits per heavy atom.